The molecule has 1 aliphatic heterocycles. The van der Waals surface area contributed by atoms with E-state index in [1.54, 1.807) is 0 Å². The van der Waals surface area contributed by atoms with Crippen LogP contribution >= 0.6 is 0 Å². The van der Waals surface area contributed by atoms with Crippen molar-refractivity contribution in [2.45, 2.75) is 30.8 Å². The van der Waals surface area contributed by atoms with Crippen LogP contribution in [0.5, 0.6) is 0 Å². The Morgan fingerprint density at radius 3 is 1.96 bits per heavy atom. The van der Waals surface area contributed by atoms with E-state index >= 15 is 0 Å². The Kier molecular flexibility index (Phi) is 2.88. The quantitative estimate of drug-likeness (QED) is 0.780. The molecular formula is C21H20O2. The van der Waals surface area contributed by atoms with Crippen molar-refractivity contribution in [2.24, 2.45) is 17.8 Å². The summed E-state index contributed by atoms with van der Waals surface area (Å²) < 4.78 is 5.94. The third kappa shape index (κ3) is 1.90. The Morgan fingerprint density at radius 2 is 1.30 bits per heavy atom. The number of fused-ring (bicyclic) bond motifs is 1. The summed E-state index contributed by atoms with van der Waals surface area (Å²) in [6.07, 6.45) is 2.09. The summed E-state index contributed by atoms with van der Waals surface area (Å²) >= 11 is 0. The molecule has 0 aromatic heterocycles. The lowest BCUT2D eigenvalue weighted by Crippen LogP contribution is -2.35. The predicted octanol–water partition coefficient (Wildman–Crippen LogP) is 4.14. The fraction of sp³-hybridized carbons (Fsp3) is 0.381. The Labute approximate surface area is 136 Å². The van der Waals surface area contributed by atoms with Crippen LogP contribution in [-0.2, 0) is 9.53 Å². The van der Waals surface area contributed by atoms with Gasteiger partial charge in [0.15, 0.2) is 0 Å². The smallest absolute Gasteiger partial charge is 0.309 e. The van der Waals surface area contributed by atoms with Crippen LogP contribution in [0, 0.1) is 17.8 Å². The van der Waals surface area contributed by atoms with E-state index in [4.69, 9.17) is 4.74 Å². The van der Waals surface area contributed by atoms with E-state index < -0.39 is 0 Å². The second-order valence-corrected chi connectivity index (χ2v) is 7.27. The van der Waals surface area contributed by atoms with Crippen LogP contribution < -0.4 is 0 Å². The second-order valence-electron chi connectivity index (χ2n) is 7.27. The monoisotopic (exact) mass is 304 g/mol. The van der Waals surface area contributed by atoms with E-state index in [1.807, 2.05) is 0 Å². The first kappa shape index (κ1) is 13.4. The molecule has 2 aromatic carbocycles. The molecule has 2 bridgehead atoms. The molecule has 1 heterocycles. The summed E-state index contributed by atoms with van der Waals surface area (Å²) in [6.45, 7) is 0. The summed E-state index contributed by atoms with van der Waals surface area (Å²) in [5.74, 6) is 2.05. The highest BCUT2D eigenvalue weighted by atomic mass is 16.5. The first-order valence-electron chi connectivity index (χ1n) is 8.63. The maximum absolute atomic E-state index is 12.2. The van der Waals surface area contributed by atoms with Gasteiger partial charge in [0.1, 0.15) is 6.10 Å². The molecule has 2 nitrogen and oxygen atoms in total. The second kappa shape index (κ2) is 4.95. The van der Waals surface area contributed by atoms with Gasteiger partial charge in [-0.1, -0.05) is 60.7 Å². The van der Waals surface area contributed by atoms with E-state index in [1.165, 1.54) is 11.1 Å². The lowest BCUT2D eigenvalue weighted by atomic mass is 9.77. The molecule has 0 N–H and O–H groups in total. The Hall–Kier alpha value is -2.09. The number of hydrogen-bond acceptors (Lipinski definition) is 2. The highest BCUT2D eigenvalue weighted by molar-refractivity contribution is 5.75. The minimum Gasteiger partial charge on any atom is -0.461 e. The average molecular weight is 304 g/mol. The van der Waals surface area contributed by atoms with Gasteiger partial charge >= 0.3 is 5.97 Å². The van der Waals surface area contributed by atoms with E-state index in [9.17, 15) is 4.79 Å². The number of carbonyl (C=O) groups is 1. The van der Waals surface area contributed by atoms with Crippen LogP contribution in [0.1, 0.15) is 35.8 Å². The van der Waals surface area contributed by atoms with E-state index in [2.05, 4.69) is 60.7 Å². The maximum atomic E-state index is 12.2. The molecule has 0 amide bonds. The van der Waals surface area contributed by atoms with Gasteiger partial charge < -0.3 is 4.74 Å². The minimum atomic E-state index is 0.0428. The van der Waals surface area contributed by atoms with Crippen molar-refractivity contribution >= 4 is 5.97 Å². The molecule has 1 saturated heterocycles. The summed E-state index contributed by atoms with van der Waals surface area (Å²) in [7, 11) is 0. The topological polar surface area (TPSA) is 26.3 Å². The fourth-order valence-corrected chi connectivity index (χ4v) is 5.42. The van der Waals surface area contributed by atoms with E-state index in [0.29, 0.717) is 23.7 Å². The van der Waals surface area contributed by atoms with Gasteiger partial charge in [-0.25, -0.2) is 0 Å². The summed E-state index contributed by atoms with van der Waals surface area (Å²) in [6, 6.07) is 21.5. The van der Waals surface area contributed by atoms with Gasteiger partial charge in [0.25, 0.3) is 0 Å². The van der Waals surface area contributed by atoms with Crippen LogP contribution in [0.15, 0.2) is 60.7 Å². The number of carbonyl (C=O) groups excluding carboxylic acids is 1. The zero-order chi connectivity index (χ0) is 15.4. The van der Waals surface area contributed by atoms with Crippen molar-refractivity contribution in [3.8, 4) is 0 Å². The standard InChI is InChI=1S/C21H20O2/c22-21-15-11-16-17(12-15)20(23-21)19(14-9-5-2-6-10-14)18(16)13-7-3-1-4-8-13/h1-10,15-20H,11-12H2/t15-,16?,17-,18-,19-,20?/m0/s1. The van der Waals surface area contributed by atoms with Crippen LogP contribution in [0.25, 0.3) is 0 Å². The number of benzene rings is 2. The molecule has 0 spiro atoms. The zero-order valence-corrected chi connectivity index (χ0v) is 13.0. The van der Waals surface area contributed by atoms with Crippen molar-refractivity contribution in [1.29, 1.82) is 0 Å². The van der Waals surface area contributed by atoms with Gasteiger partial charge in [0, 0.05) is 11.8 Å². The predicted molar refractivity (Wildman–Crippen MR) is 88.0 cm³/mol. The first-order valence-corrected chi connectivity index (χ1v) is 8.63. The lowest BCUT2D eigenvalue weighted by molar-refractivity contribution is -0.161. The molecule has 2 unspecified atom stereocenters. The van der Waals surface area contributed by atoms with Gasteiger partial charge in [-0.3, -0.25) is 4.79 Å². The molecule has 6 atom stereocenters. The molecular weight excluding hydrogens is 284 g/mol. The molecule has 116 valence electrons. The molecule has 2 saturated carbocycles. The third-order valence-corrected chi connectivity index (χ3v) is 6.24. The lowest BCUT2D eigenvalue weighted by Gasteiger charge is -2.33. The third-order valence-electron chi connectivity index (χ3n) is 6.24. The molecule has 3 fully saturated rings. The number of ether oxygens (including phenoxy) is 1. The Balaban J connectivity index is 1.64. The van der Waals surface area contributed by atoms with Crippen LogP contribution in [0.3, 0.4) is 0 Å². The largest absolute Gasteiger partial charge is 0.461 e. The van der Waals surface area contributed by atoms with Crippen molar-refractivity contribution in [3.05, 3.63) is 71.8 Å². The van der Waals surface area contributed by atoms with Crippen molar-refractivity contribution < 1.29 is 9.53 Å². The maximum Gasteiger partial charge on any atom is 0.309 e. The molecule has 0 radical (unpaired) electrons. The van der Waals surface area contributed by atoms with Crippen molar-refractivity contribution in [2.75, 3.05) is 0 Å². The van der Waals surface area contributed by atoms with Crippen LogP contribution in [-0.4, -0.2) is 12.1 Å². The zero-order valence-electron chi connectivity index (χ0n) is 13.0. The SMILES string of the molecule is O=C1OC2[C@H]3C[C@@H]1CC3[C@H](c1ccccc1)[C@@H]2c1ccccc1. The van der Waals surface area contributed by atoms with E-state index in [0.717, 1.165) is 12.8 Å². The van der Waals surface area contributed by atoms with Crippen molar-refractivity contribution in [1.82, 2.24) is 0 Å². The fourth-order valence-electron chi connectivity index (χ4n) is 5.42. The Morgan fingerprint density at radius 1 is 0.739 bits per heavy atom. The highest BCUT2D eigenvalue weighted by Crippen LogP contribution is 2.63. The normalized spacial score (nSPS) is 37.7. The molecule has 2 heteroatoms. The van der Waals surface area contributed by atoms with E-state index in [-0.39, 0.29) is 18.0 Å². The minimum absolute atomic E-state index is 0.0428. The van der Waals surface area contributed by atoms with Crippen LogP contribution in [0.2, 0.25) is 0 Å². The summed E-state index contributed by atoms with van der Waals surface area (Å²) in [5, 5.41) is 0. The van der Waals surface area contributed by atoms with Gasteiger partial charge in [-0.15, -0.1) is 0 Å². The van der Waals surface area contributed by atoms with Gasteiger partial charge in [-0.05, 0) is 35.8 Å². The van der Waals surface area contributed by atoms with Crippen molar-refractivity contribution in [3.63, 3.8) is 0 Å². The average Bonchev–Trinajstić information content (AvgIpc) is 3.11. The Bertz CT molecular complexity index is 724. The van der Waals surface area contributed by atoms with Gasteiger partial charge in [0.05, 0.1) is 5.92 Å². The first-order chi connectivity index (χ1) is 11.3. The molecule has 5 rings (SSSR count). The number of hydrogen-bond donors (Lipinski definition) is 0. The molecule has 23 heavy (non-hydrogen) atoms. The number of rotatable bonds is 2. The van der Waals surface area contributed by atoms with Crippen LogP contribution in [0.4, 0.5) is 0 Å². The molecule has 2 aromatic rings. The number of esters is 1. The molecule has 2 aliphatic carbocycles. The highest BCUT2D eigenvalue weighted by Gasteiger charge is 2.61. The van der Waals surface area contributed by atoms with Gasteiger partial charge in [-0.2, -0.15) is 0 Å². The van der Waals surface area contributed by atoms with Gasteiger partial charge in [0.2, 0.25) is 0 Å². The summed E-state index contributed by atoms with van der Waals surface area (Å²) in [5.41, 5.74) is 2.71. The summed E-state index contributed by atoms with van der Waals surface area (Å²) in [4.78, 5) is 12.2. The molecule has 3 aliphatic rings.